The molecule has 13 heteroatoms. The highest BCUT2D eigenvalue weighted by atomic mass is 32.2. The normalized spacial score (nSPS) is 13.1. The van der Waals surface area contributed by atoms with Crippen LogP contribution in [0.15, 0.2) is 89.8 Å². The fourth-order valence-electron chi connectivity index (χ4n) is 3.40. The highest BCUT2D eigenvalue weighted by Gasteiger charge is 2.50. The Balaban J connectivity index is 1.70. The standard InChI is InChI=1S/C25H27F2N2O7PS/c26-25(27,37(31,32)33)20-14-12-19(13-15-20)18-23(29-38(34,35)22-10-5-2-6-11-22)24(30)28-16-7-17-36-21-8-3-1-4-9-21/h1-6,8-15,23,29H,7,16-18H2,(H,28,30)(H2,31,32,33). The van der Waals surface area contributed by atoms with E-state index in [9.17, 15) is 26.6 Å². The number of hydrogen-bond acceptors (Lipinski definition) is 5. The monoisotopic (exact) mass is 568 g/mol. The zero-order chi connectivity index (χ0) is 27.8. The predicted molar refractivity (Wildman–Crippen MR) is 136 cm³/mol. The molecule has 0 saturated heterocycles. The van der Waals surface area contributed by atoms with E-state index in [1.165, 1.54) is 24.3 Å². The Kier molecular flexibility index (Phi) is 9.75. The van der Waals surface area contributed by atoms with E-state index in [1.807, 2.05) is 18.2 Å². The summed E-state index contributed by atoms with van der Waals surface area (Å²) in [5, 5.41) is 2.65. The molecule has 1 atom stereocenters. The van der Waals surface area contributed by atoms with E-state index in [4.69, 9.17) is 14.5 Å². The van der Waals surface area contributed by atoms with E-state index in [1.54, 1.807) is 18.2 Å². The fraction of sp³-hybridized carbons (Fsp3) is 0.240. The first-order valence-electron chi connectivity index (χ1n) is 11.5. The van der Waals surface area contributed by atoms with Crippen LogP contribution in [-0.4, -0.2) is 43.3 Å². The van der Waals surface area contributed by atoms with Gasteiger partial charge in [0, 0.05) is 12.1 Å². The molecule has 0 aromatic heterocycles. The van der Waals surface area contributed by atoms with E-state index < -0.39 is 40.8 Å². The number of amides is 1. The first-order valence-corrected chi connectivity index (χ1v) is 14.6. The number of nitrogens with one attached hydrogen (secondary N) is 2. The van der Waals surface area contributed by atoms with Crippen LogP contribution in [0.25, 0.3) is 0 Å². The van der Waals surface area contributed by atoms with Crippen molar-refractivity contribution in [3.05, 3.63) is 96.1 Å². The maximum atomic E-state index is 14.0. The number of halogens is 2. The number of para-hydroxylation sites is 1. The lowest BCUT2D eigenvalue weighted by atomic mass is 10.0. The quantitative estimate of drug-likeness (QED) is 0.183. The number of hydrogen-bond donors (Lipinski definition) is 4. The molecule has 38 heavy (non-hydrogen) atoms. The van der Waals surface area contributed by atoms with Crippen molar-refractivity contribution in [3.8, 4) is 5.75 Å². The Morgan fingerprint density at radius 1 is 0.947 bits per heavy atom. The van der Waals surface area contributed by atoms with Gasteiger partial charge in [0.05, 0.1) is 11.5 Å². The van der Waals surface area contributed by atoms with Gasteiger partial charge in [0.2, 0.25) is 15.9 Å². The Bertz CT molecular complexity index is 1350. The molecule has 0 aliphatic rings. The summed E-state index contributed by atoms with van der Waals surface area (Å²) in [5.74, 6) is 0.0222. The van der Waals surface area contributed by atoms with E-state index in [0.717, 1.165) is 24.3 Å². The number of rotatable bonds is 13. The van der Waals surface area contributed by atoms with Gasteiger partial charge in [-0.1, -0.05) is 60.7 Å². The van der Waals surface area contributed by atoms with Crippen LogP contribution in [0.1, 0.15) is 17.5 Å². The molecule has 1 unspecified atom stereocenters. The third-order valence-electron chi connectivity index (χ3n) is 5.41. The fourth-order valence-corrected chi connectivity index (χ4v) is 5.10. The zero-order valence-corrected chi connectivity index (χ0v) is 21.7. The van der Waals surface area contributed by atoms with E-state index in [2.05, 4.69) is 10.0 Å². The number of ether oxygens (including phenoxy) is 1. The van der Waals surface area contributed by atoms with Crippen molar-refractivity contribution in [2.45, 2.75) is 29.4 Å². The molecule has 0 aliphatic heterocycles. The first kappa shape index (κ1) is 29.4. The molecule has 0 bridgehead atoms. The molecule has 3 rings (SSSR count). The van der Waals surface area contributed by atoms with Gasteiger partial charge in [-0.25, -0.2) is 8.42 Å². The van der Waals surface area contributed by atoms with Crippen molar-refractivity contribution < 1.29 is 41.1 Å². The molecule has 4 N–H and O–H groups in total. The molecule has 0 saturated carbocycles. The Morgan fingerprint density at radius 3 is 2.11 bits per heavy atom. The van der Waals surface area contributed by atoms with E-state index in [-0.39, 0.29) is 17.9 Å². The summed E-state index contributed by atoms with van der Waals surface area (Å²) in [6.07, 6.45) is 0.227. The van der Waals surface area contributed by atoms with Crippen molar-refractivity contribution in [2.24, 2.45) is 0 Å². The molecular weight excluding hydrogens is 541 g/mol. The molecule has 9 nitrogen and oxygen atoms in total. The van der Waals surface area contributed by atoms with Crippen LogP contribution in [-0.2, 0) is 31.5 Å². The summed E-state index contributed by atoms with van der Waals surface area (Å²) < 4.78 is 72.7. The van der Waals surface area contributed by atoms with Crippen LogP contribution in [0.2, 0.25) is 0 Å². The summed E-state index contributed by atoms with van der Waals surface area (Å²) in [4.78, 5) is 30.7. The second-order valence-electron chi connectivity index (χ2n) is 8.28. The van der Waals surface area contributed by atoms with Crippen LogP contribution in [0.4, 0.5) is 8.78 Å². The van der Waals surface area contributed by atoms with Gasteiger partial charge in [-0.3, -0.25) is 9.36 Å². The van der Waals surface area contributed by atoms with Gasteiger partial charge in [0.1, 0.15) is 11.8 Å². The van der Waals surface area contributed by atoms with Crippen molar-refractivity contribution in [1.82, 2.24) is 10.0 Å². The molecular formula is C25H27F2N2O7PS. The maximum absolute atomic E-state index is 14.0. The van der Waals surface area contributed by atoms with Crippen LogP contribution in [0, 0.1) is 0 Å². The van der Waals surface area contributed by atoms with Crippen molar-refractivity contribution in [1.29, 1.82) is 0 Å². The number of alkyl halides is 2. The SMILES string of the molecule is O=C(NCCCOc1ccccc1)C(Cc1ccc(C(F)(F)P(=O)(O)O)cc1)NS(=O)(=O)c1ccccc1. The number of carbonyl (C=O) groups excluding carboxylic acids is 1. The number of benzene rings is 3. The molecule has 3 aromatic rings. The largest absolute Gasteiger partial charge is 0.494 e. The summed E-state index contributed by atoms with van der Waals surface area (Å²) in [6, 6.07) is 19.1. The van der Waals surface area contributed by atoms with Crippen LogP contribution < -0.4 is 14.8 Å². The average molecular weight is 569 g/mol. The van der Waals surface area contributed by atoms with Gasteiger partial charge >= 0.3 is 13.3 Å². The number of sulfonamides is 1. The minimum absolute atomic E-state index is 0.0642. The lowest BCUT2D eigenvalue weighted by Crippen LogP contribution is -2.48. The third-order valence-corrected chi connectivity index (χ3v) is 7.88. The van der Waals surface area contributed by atoms with Gasteiger partial charge in [0.15, 0.2) is 0 Å². The molecule has 0 spiro atoms. The lowest BCUT2D eigenvalue weighted by Gasteiger charge is -2.20. The first-order chi connectivity index (χ1) is 17.9. The number of carbonyl (C=O) groups is 1. The topological polar surface area (TPSA) is 142 Å². The van der Waals surface area contributed by atoms with Gasteiger partial charge in [-0.05, 0) is 42.7 Å². The van der Waals surface area contributed by atoms with Crippen LogP contribution >= 0.6 is 7.60 Å². The van der Waals surface area contributed by atoms with Crippen molar-refractivity contribution in [3.63, 3.8) is 0 Å². The van der Waals surface area contributed by atoms with Crippen LogP contribution in [0.5, 0.6) is 5.75 Å². The lowest BCUT2D eigenvalue weighted by molar-refractivity contribution is -0.122. The van der Waals surface area contributed by atoms with Crippen molar-refractivity contribution in [2.75, 3.05) is 13.2 Å². The molecule has 3 aromatic carbocycles. The second kappa shape index (κ2) is 12.6. The highest BCUT2D eigenvalue weighted by molar-refractivity contribution is 7.89. The second-order valence-corrected chi connectivity index (χ2v) is 11.6. The van der Waals surface area contributed by atoms with Gasteiger partial charge < -0.3 is 19.8 Å². The maximum Gasteiger partial charge on any atom is 0.399 e. The molecule has 0 heterocycles. The molecule has 0 radical (unpaired) electrons. The van der Waals surface area contributed by atoms with Gasteiger partial charge in [-0.15, -0.1) is 0 Å². The van der Waals surface area contributed by atoms with E-state index in [0.29, 0.717) is 24.3 Å². The van der Waals surface area contributed by atoms with Gasteiger partial charge in [0.25, 0.3) is 0 Å². The Morgan fingerprint density at radius 2 is 1.53 bits per heavy atom. The minimum Gasteiger partial charge on any atom is -0.494 e. The van der Waals surface area contributed by atoms with E-state index >= 15 is 0 Å². The Hall–Kier alpha value is -3.15. The molecule has 204 valence electrons. The van der Waals surface area contributed by atoms with Crippen molar-refractivity contribution >= 4 is 23.5 Å². The smallest absolute Gasteiger partial charge is 0.399 e. The molecule has 0 aliphatic carbocycles. The summed E-state index contributed by atoms with van der Waals surface area (Å²) >= 11 is 0. The average Bonchev–Trinajstić information content (AvgIpc) is 2.88. The van der Waals surface area contributed by atoms with Crippen LogP contribution in [0.3, 0.4) is 0 Å². The van der Waals surface area contributed by atoms with Gasteiger partial charge in [-0.2, -0.15) is 13.5 Å². The molecule has 1 amide bonds. The third kappa shape index (κ3) is 7.92. The molecule has 0 fully saturated rings. The Labute approximate surface area is 219 Å². The minimum atomic E-state index is -5.75. The zero-order valence-electron chi connectivity index (χ0n) is 20.0. The summed E-state index contributed by atoms with van der Waals surface area (Å²) in [7, 11) is -9.85. The predicted octanol–water partition coefficient (Wildman–Crippen LogP) is 3.39. The summed E-state index contributed by atoms with van der Waals surface area (Å²) in [5.41, 5.74) is -5.00. The highest BCUT2D eigenvalue weighted by Crippen LogP contribution is 2.59. The summed E-state index contributed by atoms with van der Waals surface area (Å²) in [6.45, 7) is 0.489.